The SMILES string of the molecule is CCN(C)C(=O)C(C)NCc1ccccc1C(N)=O. The first-order chi connectivity index (χ1) is 8.97. The van der Waals surface area contributed by atoms with Gasteiger partial charge in [-0.15, -0.1) is 0 Å². The number of amides is 2. The maximum Gasteiger partial charge on any atom is 0.249 e. The van der Waals surface area contributed by atoms with Crippen LogP contribution in [0.1, 0.15) is 29.8 Å². The van der Waals surface area contributed by atoms with Gasteiger partial charge in [0.15, 0.2) is 0 Å². The zero-order valence-electron chi connectivity index (χ0n) is 11.6. The summed E-state index contributed by atoms with van der Waals surface area (Å²) in [7, 11) is 1.76. The van der Waals surface area contributed by atoms with E-state index in [1.807, 2.05) is 19.1 Å². The number of carbonyl (C=O) groups is 2. The minimum Gasteiger partial charge on any atom is -0.366 e. The third-order valence-corrected chi connectivity index (χ3v) is 3.10. The van der Waals surface area contributed by atoms with Crippen LogP contribution in [0.4, 0.5) is 0 Å². The summed E-state index contributed by atoms with van der Waals surface area (Å²) in [5.74, 6) is -0.430. The summed E-state index contributed by atoms with van der Waals surface area (Å²) in [5.41, 5.74) is 6.59. The second-order valence-corrected chi connectivity index (χ2v) is 4.48. The van der Waals surface area contributed by atoms with E-state index in [2.05, 4.69) is 5.32 Å². The number of primary amides is 1. The highest BCUT2D eigenvalue weighted by atomic mass is 16.2. The zero-order chi connectivity index (χ0) is 14.4. The van der Waals surface area contributed by atoms with Crippen molar-refractivity contribution in [1.29, 1.82) is 0 Å². The molecule has 0 bridgehead atoms. The Morgan fingerprint density at radius 1 is 1.37 bits per heavy atom. The Hall–Kier alpha value is -1.88. The largest absolute Gasteiger partial charge is 0.366 e. The highest BCUT2D eigenvalue weighted by molar-refractivity contribution is 5.94. The van der Waals surface area contributed by atoms with Gasteiger partial charge in [-0.05, 0) is 25.5 Å². The maximum absolute atomic E-state index is 11.9. The number of carbonyl (C=O) groups excluding carboxylic acids is 2. The molecule has 0 spiro atoms. The molecule has 1 unspecified atom stereocenters. The molecule has 0 aliphatic heterocycles. The fraction of sp³-hybridized carbons (Fsp3) is 0.429. The Balaban J connectivity index is 2.67. The van der Waals surface area contributed by atoms with Crippen molar-refractivity contribution < 1.29 is 9.59 Å². The van der Waals surface area contributed by atoms with Crippen molar-refractivity contribution in [3.05, 3.63) is 35.4 Å². The topological polar surface area (TPSA) is 75.4 Å². The van der Waals surface area contributed by atoms with Crippen molar-refractivity contribution in [1.82, 2.24) is 10.2 Å². The Kier molecular flexibility index (Phi) is 5.51. The Morgan fingerprint density at radius 3 is 2.58 bits per heavy atom. The Morgan fingerprint density at radius 2 is 2.00 bits per heavy atom. The van der Waals surface area contributed by atoms with Gasteiger partial charge in [0.2, 0.25) is 11.8 Å². The highest BCUT2D eigenvalue weighted by Crippen LogP contribution is 2.08. The second-order valence-electron chi connectivity index (χ2n) is 4.48. The molecular formula is C14H21N3O2. The summed E-state index contributed by atoms with van der Waals surface area (Å²) in [6.45, 7) is 4.83. The number of rotatable bonds is 6. The van der Waals surface area contributed by atoms with E-state index in [0.717, 1.165) is 5.56 Å². The van der Waals surface area contributed by atoms with E-state index in [4.69, 9.17) is 5.73 Å². The van der Waals surface area contributed by atoms with Crippen LogP contribution in [-0.2, 0) is 11.3 Å². The van der Waals surface area contributed by atoms with Crippen LogP contribution >= 0.6 is 0 Å². The van der Waals surface area contributed by atoms with Gasteiger partial charge in [0, 0.05) is 25.7 Å². The van der Waals surface area contributed by atoms with Gasteiger partial charge in [0.25, 0.3) is 0 Å². The summed E-state index contributed by atoms with van der Waals surface area (Å²) in [6.07, 6.45) is 0. The van der Waals surface area contributed by atoms with Crippen LogP contribution in [0.15, 0.2) is 24.3 Å². The van der Waals surface area contributed by atoms with Gasteiger partial charge in [-0.25, -0.2) is 0 Å². The van der Waals surface area contributed by atoms with Gasteiger partial charge >= 0.3 is 0 Å². The van der Waals surface area contributed by atoms with Crippen molar-refractivity contribution in [3.63, 3.8) is 0 Å². The molecular weight excluding hydrogens is 242 g/mol. The number of likely N-dealkylation sites (N-methyl/N-ethyl adjacent to an activating group) is 1. The molecule has 1 aromatic carbocycles. The number of nitrogens with two attached hydrogens (primary N) is 1. The summed E-state index contributed by atoms with van der Waals surface area (Å²) >= 11 is 0. The van der Waals surface area contributed by atoms with E-state index >= 15 is 0 Å². The monoisotopic (exact) mass is 263 g/mol. The van der Waals surface area contributed by atoms with Crippen LogP contribution in [0, 0.1) is 0 Å². The van der Waals surface area contributed by atoms with Crippen molar-refractivity contribution in [2.24, 2.45) is 5.73 Å². The first kappa shape index (κ1) is 15.2. The number of hydrogen-bond acceptors (Lipinski definition) is 3. The summed E-state index contributed by atoms with van der Waals surface area (Å²) in [5, 5.41) is 3.11. The van der Waals surface area contributed by atoms with E-state index in [0.29, 0.717) is 18.7 Å². The fourth-order valence-electron chi connectivity index (χ4n) is 1.75. The fourth-order valence-corrected chi connectivity index (χ4v) is 1.75. The quantitative estimate of drug-likeness (QED) is 0.795. The van der Waals surface area contributed by atoms with Crippen LogP contribution < -0.4 is 11.1 Å². The number of hydrogen-bond donors (Lipinski definition) is 2. The molecule has 0 aliphatic rings. The molecule has 0 radical (unpaired) electrons. The smallest absolute Gasteiger partial charge is 0.249 e. The second kappa shape index (κ2) is 6.89. The standard InChI is InChI=1S/C14H21N3O2/c1-4-17(3)14(19)10(2)16-9-11-7-5-6-8-12(11)13(15)18/h5-8,10,16H,4,9H2,1-3H3,(H2,15,18). The lowest BCUT2D eigenvalue weighted by molar-refractivity contribution is -0.131. The van der Waals surface area contributed by atoms with Gasteiger partial charge in [-0.1, -0.05) is 18.2 Å². The molecule has 0 saturated heterocycles. The zero-order valence-corrected chi connectivity index (χ0v) is 11.6. The summed E-state index contributed by atoms with van der Waals surface area (Å²) in [4.78, 5) is 24.8. The van der Waals surface area contributed by atoms with Gasteiger partial charge in [-0.2, -0.15) is 0 Å². The maximum atomic E-state index is 11.9. The average molecular weight is 263 g/mol. The van der Waals surface area contributed by atoms with Crippen LogP contribution in [0.3, 0.4) is 0 Å². The molecule has 0 fully saturated rings. The van der Waals surface area contributed by atoms with Crippen molar-refractivity contribution in [2.45, 2.75) is 26.4 Å². The molecule has 2 amide bonds. The average Bonchev–Trinajstić information content (AvgIpc) is 2.43. The van der Waals surface area contributed by atoms with E-state index in [1.165, 1.54) is 0 Å². The highest BCUT2D eigenvalue weighted by Gasteiger charge is 2.16. The van der Waals surface area contributed by atoms with Gasteiger partial charge in [0.05, 0.1) is 6.04 Å². The molecule has 19 heavy (non-hydrogen) atoms. The normalized spacial score (nSPS) is 11.9. The van der Waals surface area contributed by atoms with E-state index in [-0.39, 0.29) is 11.9 Å². The van der Waals surface area contributed by atoms with Gasteiger partial charge < -0.3 is 16.0 Å². The van der Waals surface area contributed by atoms with Crippen molar-refractivity contribution in [3.8, 4) is 0 Å². The lowest BCUT2D eigenvalue weighted by Gasteiger charge is -2.21. The van der Waals surface area contributed by atoms with Crippen LogP contribution in [0.2, 0.25) is 0 Å². The summed E-state index contributed by atoms with van der Waals surface area (Å²) < 4.78 is 0. The molecule has 104 valence electrons. The molecule has 1 rings (SSSR count). The van der Waals surface area contributed by atoms with Gasteiger partial charge in [0.1, 0.15) is 0 Å². The summed E-state index contributed by atoms with van der Waals surface area (Å²) in [6, 6.07) is 6.82. The third kappa shape index (κ3) is 4.06. The van der Waals surface area contributed by atoms with Crippen LogP contribution in [0.5, 0.6) is 0 Å². The van der Waals surface area contributed by atoms with E-state index in [9.17, 15) is 9.59 Å². The number of benzene rings is 1. The molecule has 3 N–H and O–H groups in total. The minimum atomic E-state index is -0.456. The first-order valence-electron chi connectivity index (χ1n) is 6.33. The third-order valence-electron chi connectivity index (χ3n) is 3.10. The van der Waals surface area contributed by atoms with Crippen LogP contribution in [0.25, 0.3) is 0 Å². The molecule has 0 aromatic heterocycles. The predicted molar refractivity (Wildman–Crippen MR) is 74.6 cm³/mol. The number of nitrogens with zero attached hydrogens (tertiary/aromatic N) is 1. The van der Waals surface area contributed by atoms with Crippen molar-refractivity contribution in [2.75, 3.05) is 13.6 Å². The van der Waals surface area contributed by atoms with Crippen molar-refractivity contribution >= 4 is 11.8 Å². The molecule has 0 heterocycles. The van der Waals surface area contributed by atoms with Gasteiger partial charge in [-0.3, -0.25) is 9.59 Å². The van der Waals surface area contributed by atoms with E-state index in [1.54, 1.807) is 31.0 Å². The molecule has 0 saturated carbocycles. The molecule has 5 nitrogen and oxygen atoms in total. The lowest BCUT2D eigenvalue weighted by Crippen LogP contribution is -2.42. The molecule has 0 aliphatic carbocycles. The predicted octanol–water partition coefficient (Wildman–Crippen LogP) is 0.742. The minimum absolute atomic E-state index is 0.0269. The van der Waals surface area contributed by atoms with Crippen LogP contribution in [-0.4, -0.2) is 36.3 Å². The molecule has 1 aromatic rings. The Bertz CT molecular complexity index is 460. The molecule has 5 heteroatoms. The molecule has 1 atom stereocenters. The number of nitrogens with one attached hydrogen (secondary N) is 1. The first-order valence-corrected chi connectivity index (χ1v) is 6.33. The van der Waals surface area contributed by atoms with E-state index < -0.39 is 5.91 Å². The Labute approximate surface area is 113 Å². The lowest BCUT2D eigenvalue weighted by atomic mass is 10.1.